The van der Waals surface area contributed by atoms with E-state index in [1.54, 1.807) is 0 Å². The molecule has 1 saturated carbocycles. The van der Waals surface area contributed by atoms with Crippen LogP contribution in [0.15, 0.2) is 24.3 Å². The topological polar surface area (TPSA) is 21.8 Å². The Hall–Kier alpha value is -0.353. The van der Waals surface area contributed by atoms with Gasteiger partial charge >= 0.3 is 0 Å². The molecule has 0 amide bonds. The van der Waals surface area contributed by atoms with E-state index >= 15 is 0 Å². The van der Waals surface area contributed by atoms with Gasteiger partial charge in [0.05, 0.1) is 5.60 Å². The van der Waals surface area contributed by atoms with Crippen LogP contribution in [-0.2, 0) is 9.16 Å². The van der Waals surface area contributed by atoms with Gasteiger partial charge in [-0.15, -0.1) is 0 Å². The maximum absolute atomic E-state index is 6.59. The second-order valence-corrected chi connectivity index (χ2v) is 13.9. The van der Waals surface area contributed by atoms with Gasteiger partial charge in [0.15, 0.2) is 8.32 Å². The van der Waals surface area contributed by atoms with Crippen molar-refractivity contribution in [2.45, 2.75) is 82.4 Å². The van der Waals surface area contributed by atoms with Crippen molar-refractivity contribution in [3.63, 3.8) is 0 Å². The van der Waals surface area contributed by atoms with Crippen molar-refractivity contribution in [2.75, 3.05) is 0 Å². The van der Waals surface area contributed by atoms with Crippen LogP contribution in [0.3, 0.4) is 0 Å². The van der Waals surface area contributed by atoms with Crippen LogP contribution >= 0.6 is 11.6 Å². The molecular weight excluding hydrogens is 324 g/mol. The molecule has 2 fully saturated rings. The van der Waals surface area contributed by atoms with Crippen molar-refractivity contribution in [1.82, 2.24) is 0 Å². The van der Waals surface area contributed by atoms with Crippen LogP contribution in [-0.4, -0.2) is 20.0 Å². The normalized spacial score (nSPS) is 31.4. The minimum Gasteiger partial charge on any atom is -0.414 e. The highest BCUT2D eigenvalue weighted by Crippen LogP contribution is 2.58. The summed E-state index contributed by atoms with van der Waals surface area (Å²) in [7, 11) is -1.66. The number of benzene rings is 1. The smallest absolute Gasteiger partial charge is 0.192 e. The Morgan fingerprint density at radius 2 is 1.87 bits per heavy atom. The molecule has 0 bridgehead atoms. The van der Waals surface area contributed by atoms with Crippen LogP contribution in [0.25, 0.3) is 0 Å². The lowest BCUT2D eigenvalue weighted by Gasteiger charge is -2.41. The summed E-state index contributed by atoms with van der Waals surface area (Å²) in [6.07, 6.45) is 5.07. The largest absolute Gasteiger partial charge is 0.414 e. The molecule has 128 valence electrons. The lowest BCUT2D eigenvalue weighted by molar-refractivity contribution is 0.0993. The number of ether oxygens (including phenoxy) is 1. The van der Waals surface area contributed by atoms with E-state index in [2.05, 4.69) is 39.9 Å². The Balaban J connectivity index is 1.58. The molecular formula is C19H29ClO2Si. The first-order valence-corrected chi connectivity index (χ1v) is 12.0. The van der Waals surface area contributed by atoms with E-state index in [1.165, 1.54) is 5.56 Å². The number of epoxide rings is 1. The first kappa shape index (κ1) is 17.5. The Bertz CT molecular complexity index is 571. The summed E-state index contributed by atoms with van der Waals surface area (Å²) in [4.78, 5) is 0. The monoisotopic (exact) mass is 352 g/mol. The fourth-order valence-electron chi connectivity index (χ4n) is 3.41. The summed E-state index contributed by atoms with van der Waals surface area (Å²) in [6, 6.07) is 8.10. The summed E-state index contributed by atoms with van der Waals surface area (Å²) in [5.41, 5.74) is 1.28. The second kappa shape index (κ2) is 5.87. The van der Waals surface area contributed by atoms with Gasteiger partial charge in [0.25, 0.3) is 0 Å². The molecule has 1 aliphatic carbocycles. The van der Waals surface area contributed by atoms with Crippen LogP contribution in [0.1, 0.15) is 58.1 Å². The zero-order valence-electron chi connectivity index (χ0n) is 15.0. The number of hydrogen-bond donors (Lipinski definition) is 0. The van der Waals surface area contributed by atoms with Gasteiger partial charge in [-0.2, -0.15) is 0 Å². The molecule has 0 radical (unpaired) electrons. The van der Waals surface area contributed by atoms with Crippen molar-refractivity contribution < 1.29 is 9.16 Å². The summed E-state index contributed by atoms with van der Waals surface area (Å²) in [5, 5.41) is 1.07. The Kier molecular flexibility index (Phi) is 4.46. The lowest BCUT2D eigenvalue weighted by atomic mass is 9.83. The molecule has 1 unspecified atom stereocenters. The van der Waals surface area contributed by atoms with Crippen LogP contribution in [0.4, 0.5) is 0 Å². The molecule has 2 nitrogen and oxygen atoms in total. The zero-order chi connectivity index (χ0) is 16.9. The zero-order valence-corrected chi connectivity index (χ0v) is 16.7. The molecule has 1 aromatic rings. The van der Waals surface area contributed by atoms with Gasteiger partial charge < -0.3 is 9.16 Å². The SMILES string of the molecule is CC(C)(C)[Si](C)(C)OC1CCC2(CC1)OC2c1cccc(Cl)c1. The van der Waals surface area contributed by atoms with Crippen LogP contribution in [0.2, 0.25) is 23.2 Å². The molecule has 2 aliphatic rings. The van der Waals surface area contributed by atoms with Gasteiger partial charge in [-0.05, 0) is 61.5 Å². The Labute approximate surface area is 146 Å². The standard InChI is InChI=1S/C19H29ClO2Si/c1-18(2,3)23(4,5)22-16-9-11-19(12-10-16)17(21-19)14-7-6-8-15(20)13-14/h6-8,13,16-17H,9-12H2,1-5H3. The highest BCUT2D eigenvalue weighted by atomic mass is 35.5. The molecule has 1 heterocycles. The minimum atomic E-state index is -1.66. The van der Waals surface area contributed by atoms with Crippen molar-refractivity contribution in [3.05, 3.63) is 34.9 Å². The average molecular weight is 353 g/mol. The maximum Gasteiger partial charge on any atom is 0.192 e. The van der Waals surface area contributed by atoms with E-state index in [9.17, 15) is 0 Å². The predicted octanol–water partition coefficient (Wildman–Crippen LogP) is 6.11. The number of halogens is 1. The summed E-state index contributed by atoms with van der Waals surface area (Å²) in [6.45, 7) is 11.6. The molecule has 23 heavy (non-hydrogen) atoms. The Morgan fingerprint density at radius 1 is 1.22 bits per heavy atom. The summed E-state index contributed by atoms with van der Waals surface area (Å²) < 4.78 is 12.7. The van der Waals surface area contributed by atoms with E-state index < -0.39 is 8.32 Å². The quantitative estimate of drug-likeness (QED) is 0.483. The van der Waals surface area contributed by atoms with Crippen molar-refractivity contribution in [2.24, 2.45) is 0 Å². The molecule has 1 atom stereocenters. The fraction of sp³-hybridized carbons (Fsp3) is 0.684. The van der Waals surface area contributed by atoms with Gasteiger partial charge in [0.2, 0.25) is 0 Å². The van der Waals surface area contributed by atoms with Crippen molar-refractivity contribution in [1.29, 1.82) is 0 Å². The van der Waals surface area contributed by atoms with E-state index in [1.807, 2.05) is 18.2 Å². The van der Waals surface area contributed by atoms with Crippen molar-refractivity contribution in [3.8, 4) is 0 Å². The summed E-state index contributed by atoms with van der Waals surface area (Å²) >= 11 is 6.11. The second-order valence-electron chi connectivity index (χ2n) is 8.70. The van der Waals surface area contributed by atoms with Crippen LogP contribution < -0.4 is 0 Å². The van der Waals surface area contributed by atoms with Gasteiger partial charge in [-0.1, -0.05) is 44.5 Å². The number of rotatable bonds is 3. The highest BCUT2D eigenvalue weighted by Gasteiger charge is 2.58. The molecule has 1 saturated heterocycles. The third-order valence-electron chi connectivity index (χ3n) is 5.97. The molecule has 1 spiro atoms. The van der Waals surface area contributed by atoms with E-state index in [-0.39, 0.29) is 16.7 Å². The fourth-order valence-corrected chi connectivity index (χ4v) is 5.03. The van der Waals surface area contributed by atoms with Gasteiger partial charge in [-0.25, -0.2) is 0 Å². The first-order valence-electron chi connectivity index (χ1n) is 8.74. The number of hydrogen-bond acceptors (Lipinski definition) is 2. The van der Waals surface area contributed by atoms with Gasteiger partial charge in [0.1, 0.15) is 6.10 Å². The predicted molar refractivity (Wildman–Crippen MR) is 98.5 cm³/mol. The van der Waals surface area contributed by atoms with Gasteiger partial charge in [0, 0.05) is 11.1 Å². The molecule has 0 aromatic heterocycles. The van der Waals surface area contributed by atoms with Crippen LogP contribution in [0, 0.1) is 0 Å². The lowest BCUT2D eigenvalue weighted by Crippen LogP contribution is -2.45. The molecule has 3 rings (SSSR count). The maximum atomic E-state index is 6.59. The van der Waals surface area contributed by atoms with Crippen LogP contribution in [0.5, 0.6) is 0 Å². The molecule has 1 aromatic carbocycles. The third-order valence-corrected chi connectivity index (χ3v) is 10.7. The van der Waals surface area contributed by atoms with Gasteiger partial charge in [-0.3, -0.25) is 0 Å². The summed E-state index contributed by atoms with van der Waals surface area (Å²) in [5.74, 6) is 0. The third kappa shape index (κ3) is 3.53. The molecule has 0 N–H and O–H groups in total. The van der Waals surface area contributed by atoms with E-state index in [0.717, 1.165) is 30.7 Å². The Morgan fingerprint density at radius 3 is 2.43 bits per heavy atom. The van der Waals surface area contributed by atoms with Crippen molar-refractivity contribution >= 4 is 19.9 Å². The van der Waals surface area contributed by atoms with E-state index in [4.69, 9.17) is 20.8 Å². The average Bonchev–Trinajstić information content (AvgIpc) is 3.14. The first-order chi connectivity index (χ1) is 10.6. The highest BCUT2D eigenvalue weighted by molar-refractivity contribution is 6.74. The molecule has 4 heteroatoms. The minimum absolute atomic E-state index is 0.0535. The molecule has 1 aliphatic heterocycles. The van der Waals surface area contributed by atoms with E-state index in [0.29, 0.717) is 6.10 Å².